The van der Waals surface area contributed by atoms with E-state index in [-0.39, 0.29) is 17.9 Å². The van der Waals surface area contributed by atoms with Crippen molar-refractivity contribution >= 4 is 17.5 Å². The Labute approximate surface area is 155 Å². The number of nitrogens with zero attached hydrogens (tertiary/aromatic N) is 2. The van der Waals surface area contributed by atoms with E-state index in [9.17, 15) is 9.59 Å². The van der Waals surface area contributed by atoms with Crippen molar-refractivity contribution in [3.8, 4) is 0 Å². The molecule has 3 rings (SSSR count). The fraction of sp³-hybridized carbons (Fsp3) is 0.600. The number of morpholine rings is 1. The second-order valence-electron chi connectivity index (χ2n) is 7.38. The number of carbonyl (C=O) groups is 2. The highest BCUT2D eigenvalue weighted by Gasteiger charge is 2.24. The minimum atomic E-state index is -0.0327. The van der Waals surface area contributed by atoms with Crippen molar-refractivity contribution in [3.05, 3.63) is 29.8 Å². The van der Waals surface area contributed by atoms with Crippen LogP contribution in [0.3, 0.4) is 0 Å². The third kappa shape index (κ3) is 4.83. The molecule has 26 heavy (non-hydrogen) atoms. The van der Waals surface area contributed by atoms with E-state index < -0.39 is 0 Å². The second-order valence-corrected chi connectivity index (χ2v) is 7.38. The zero-order chi connectivity index (χ0) is 18.5. The van der Waals surface area contributed by atoms with Crippen molar-refractivity contribution in [2.24, 2.45) is 0 Å². The Morgan fingerprint density at radius 2 is 2.04 bits per heavy atom. The minimum Gasteiger partial charge on any atom is -0.375 e. The highest BCUT2D eigenvalue weighted by molar-refractivity contribution is 5.95. The highest BCUT2D eigenvalue weighted by Crippen LogP contribution is 2.21. The zero-order valence-corrected chi connectivity index (χ0v) is 15.7. The lowest BCUT2D eigenvalue weighted by molar-refractivity contribution is -0.126. The molecule has 6 nitrogen and oxygen atoms in total. The Morgan fingerprint density at radius 1 is 1.27 bits per heavy atom. The third-order valence-electron chi connectivity index (χ3n) is 5.12. The van der Waals surface area contributed by atoms with Crippen LogP contribution in [0, 0.1) is 0 Å². The van der Waals surface area contributed by atoms with Crippen LogP contribution in [0.1, 0.15) is 38.7 Å². The van der Waals surface area contributed by atoms with E-state index in [1.54, 1.807) is 0 Å². The molecule has 2 saturated heterocycles. The average Bonchev–Trinajstić information content (AvgIpc) is 3.06. The maximum Gasteiger partial charge on any atom is 0.227 e. The van der Waals surface area contributed by atoms with Crippen LogP contribution in [0.25, 0.3) is 0 Å². The van der Waals surface area contributed by atoms with Gasteiger partial charge in [0.25, 0.3) is 0 Å². The molecule has 0 spiro atoms. The molecule has 1 atom stereocenters. The molecule has 0 aliphatic carbocycles. The summed E-state index contributed by atoms with van der Waals surface area (Å²) in [5, 5.41) is 2.97. The number of hydrogen-bond acceptors (Lipinski definition) is 4. The second kappa shape index (κ2) is 8.64. The molecular weight excluding hydrogens is 330 g/mol. The van der Waals surface area contributed by atoms with Gasteiger partial charge < -0.3 is 15.0 Å². The quantitative estimate of drug-likeness (QED) is 0.843. The van der Waals surface area contributed by atoms with Crippen LogP contribution in [0.2, 0.25) is 0 Å². The molecule has 1 aromatic rings. The Morgan fingerprint density at radius 3 is 2.69 bits per heavy atom. The van der Waals surface area contributed by atoms with E-state index >= 15 is 0 Å². The molecule has 2 fully saturated rings. The molecule has 6 heteroatoms. The molecule has 0 saturated carbocycles. The van der Waals surface area contributed by atoms with Gasteiger partial charge in [-0.05, 0) is 38.0 Å². The highest BCUT2D eigenvalue weighted by atomic mass is 16.5. The van der Waals surface area contributed by atoms with Gasteiger partial charge in [-0.15, -0.1) is 0 Å². The van der Waals surface area contributed by atoms with Gasteiger partial charge in [0, 0.05) is 44.3 Å². The van der Waals surface area contributed by atoms with Crippen molar-refractivity contribution in [3.63, 3.8) is 0 Å². The summed E-state index contributed by atoms with van der Waals surface area (Å²) in [7, 11) is 0. The van der Waals surface area contributed by atoms with E-state index in [0.29, 0.717) is 32.0 Å². The van der Waals surface area contributed by atoms with Gasteiger partial charge >= 0.3 is 0 Å². The lowest BCUT2D eigenvalue weighted by Gasteiger charge is -2.35. The Hall–Kier alpha value is -1.92. The van der Waals surface area contributed by atoms with E-state index in [4.69, 9.17) is 4.74 Å². The van der Waals surface area contributed by atoms with Gasteiger partial charge in [0.1, 0.15) is 0 Å². The molecule has 0 radical (unpaired) electrons. The van der Waals surface area contributed by atoms with Crippen molar-refractivity contribution in [1.82, 2.24) is 10.2 Å². The van der Waals surface area contributed by atoms with Gasteiger partial charge in [0.2, 0.25) is 11.8 Å². The molecule has 2 amide bonds. The molecule has 142 valence electrons. The van der Waals surface area contributed by atoms with Crippen molar-refractivity contribution in [1.29, 1.82) is 0 Å². The van der Waals surface area contributed by atoms with Gasteiger partial charge in [-0.1, -0.05) is 12.1 Å². The summed E-state index contributed by atoms with van der Waals surface area (Å²) in [6.45, 7) is 8.05. The number of benzene rings is 1. The number of anilines is 1. The molecule has 2 aliphatic heterocycles. The smallest absolute Gasteiger partial charge is 0.227 e. The van der Waals surface area contributed by atoms with Gasteiger partial charge in [-0.3, -0.25) is 14.5 Å². The van der Waals surface area contributed by atoms with Crippen LogP contribution >= 0.6 is 0 Å². The van der Waals surface area contributed by atoms with E-state index in [1.165, 1.54) is 0 Å². The molecule has 1 N–H and O–H groups in total. The topological polar surface area (TPSA) is 61.9 Å². The minimum absolute atomic E-state index is 0.0133. The van der Waals surface area contributed by atoms with Crippen molar-refractivity contribution in [2.45, 2.75) is 51.8 Å². The molecule has 0 unspecified atom stereocenters. The van der Waals surface area contributed by atoms with E-state index in [2.05, 4.69) is 24.1 Å². The summed E-state index contributed by atoms with van der Waals surface area (Å²) < 4.78 is 5.72. The zero-order valence-electron chi connectivity index (χ0n) is 15.7. The van der Waals surface area contributed by atoms with Crippen LogP contribution in [0.5, 0.6) is 0 Å². The van der Waals surface area contributed by atoms with Gasteiger partial charge in [-0.2, -0.15) is 0 Å². The SMILES string of the molecule is CC(C)N1CCO[C@H](CC(=O)NCc2ccc(N3CCCC3=O)cc2)C1. The summed E-state index contributed by atoms with van der Waals surface area (Å²) in [4.78, 5) is 28.2. The summed E-state index contributed by atoms with van der Waals surface area (Å²) in [6.07, 6.45) is 1.92. The lowest BCUT2D eigenvalue weighted by atomic mass is 10.1. The first-order chi connectivity index (χ1) is 12.5. The first kappa shape index (κ1) is 18.9. The fourth-order valence-corrected chi connectivity index (χ4v) is 3.53. The van der Waals surface area contributed by atoms with Crippen molar-refractivity contribution in [2.75, 3.05) is 31.1 Å². The van der Waals surface area contributed by atoms with Crippen LogP contribution in [0.4, 0.5) is 5.69 Å². The first-order valence-corrected chi connectivity index (χ1v) is 9.54. The maximum atomic E-state index is 12.2. The molecule has 0 aromatic heterocycles. The summed E-state index contributed by atoms with van der Waals surface area (Å²) >= 11 is 0. The van der Waals surface area contributed by atoms with Gasteiger partial charge in [0.15, 0.2) is 0 Å². The molecule has 2 heterocycles. The van der Waals surface area contributed by atoms with Crippen molar-refractivity contribution < 1.29 is 14.3 Å². The maximum absolute atomic E-state index is 12.2. The Bertz CT molecular complexity index is 630. The molecule has 1 aromatic carbocycles. The van der Waals surface area contributed by atoms with Crippen LogP contribution in [0.15, 0.2) is 24.3 Å². The lowest BCUT2D eigenvalue weighted by Crippen LogP contribution is -2.47. The number of rotatable bonds is 6. The number of carbonyl (C=O) groups excluding carboxylic acids is 2. The Kier molecular flexibility index (Phi) is 6.27. The Balaban J connectivity index is 1.45. The third-order valence-corrected chi connectivity index (χ3v) is 5.12. The predicted octanol–water partition coefficient (Wildman–Crippen LogP) is 1.93. The first-order valence-electron chi connectivity index (χ1n) is 9.54. The average molecular weight is 359 g/mol. The molecule has 0 bridgehead atoms. The molecule has 2 aliphatic rings. The number of amides is 2. The number of hydrogen-bond donors (Lipinski definition) is 1. The summed E-state index contributed by atoms with van der Waals surface area (Å²) in [5.74, 6) is 0.202. The van der Waals surface area contributed by atoms with Crippen LogP contribution in [-0.2, 0) is 20.9 Å². The van der Waals surface area contributed by atoms with E-state index in [1.807, 2.05) is 29.2 Å². The van der Waals surface area contributed by atoms with Crippen LogP contribution in [-0.4, -0.2) is 55.1 Å². The van der Waals surface area contributed by atoms with Crippen LogP contribution < -0.4 is 10.2 Å². The summed E-state index contributed by atoms with van der Waals surface area (Å²) in [6, 6.07) is 8.33. The monoisotopic (exact) mass is 359 g/mol. The summed E-state index contributed by atoms with van der Waals surface area (Å²) in [5.41, 5.74) is 1.97. The number of nitrogens with one attached hydrogen (secondary N) is 1. The van der Waals surface area contributed by atoms with Gasteiger partial charge in [-0.25, -0.2) is 0 Å². The van der Waals surface area contributed by atoms with E-state index in [0.717, 1.165) is 37.3 Å². The molecular formula is C20H29N3O3. The van der Waals surface area contributed by atoms with Gasteiger partial charge in [0.05, 0.1) is 19.1 Å². The number of ether oxygens (including phenoxy) is 1. The standard InChI is InChI=1S/C20H29N3O3/c1-15(2)22-10-11-26-18(14-22)12-19(24)21-13-16-5-7-17(8-6-16)23-9-3-4-20(23)25/h5-8,15,18H,3-4,9-14H2,1-2H3,(H,21,24)/t18-/m1/s1. The predicted molar refractivity (Wildman–Crippen MR) is 101 cm³/mol. The largest absolute Gasteiger partial charge is 0.375 e. The normalized spacial score (nSPS) is 21.4. The fourth-order valence-electron chi connectivity index (χ4n) is 3.53.